The molecule has 0 radical (unpaired) electrons. The molecule has 2 amide bonds. The number of aromatic nitrogens is 1. The second kappa shape index (κ2) is 9.82. The summed E-state index contributed by atoms with van der Waals surface area (Å²) in [6, 6.07) is 14.7. The summed E-state index contributed by atoms with van der Waals surface area (Å²) >= 11 is 0. The van der Waals surface area contributed by atoms with E-state index in [2.05, 4.69) is 15.7 Å². The third-order valence-corrected chi connectivity index (χ3v) is 4.77. The standard InChI is InChI=1S/C23H26N4O4/c1-14-10-16(18-8-9-21(29-3)26-22(18)30-4)12-17(11-14)31-13-19-15(2)6-5-7-20(19)25-23(28)27-24/h5-12H,13,24H2,1-4H3,(H2,25,27,28). The second-order valence-electron chi connectivity index (χ2n) is 6.93. The molecule has 0 saturated heterocycles. The van der Waals surface area contributed by atoms with Gasteiger partial charge in [-0.05, 0) is 54.8 Å². The number of amides is 2. The maximum atomic E-state index is 11.7. The summed E-state index contributed by atoms with van der Waals surface area (Å²) in [7, 11) is 3.13. The number of nitrogens with two attached hydrogens (primary N) is 1. The smallest absolute Gasteiger partial charge is 0.333 e. The summed E-state index contributed by atoms with van der Waals surface area (Å²) < 4.78 is 16.7. The van der Waals surface area contributed by atoms with Crippen molar-refractivity contribution < 1.29 is 19.0 Å². The predicted octanol–water partition coefficient (Wildman–Crippen LogP) is 3.96. The average Bonchev–Trinajstić information content (AvgIpc) is 2.77. The van der Waals surface area contributed by atoms with Gasteiger partial charge in [0.25, 0.3) is 0 Å². The Hall–Kier alpha value is -3.78. The van der Waals surface area contributed by atoms with Gasteiger partial charge in [-0.25, -0.2) is 10.6 Å². The van der Waals surface area contributed by atoms with Gasteiger partial charge in [-0.15, -0.1) is 0 Å². The van der Waals surface area contributed by atoms with Crippen LogP contribution in [-0.2, 0) is 6.61 Å². The van der Waals surface area contributed by atoms with Crippen molar-refractivity contribution in [2.75, 3.05) is 19.5 Å². The summed E-state index contributed by atoms with van der Waals surface area (Å²) in [6.07, 6.45) is 0. The monoisotopic (exact) mass is 422 g/mol. The van der Waals surface area contributed by atoms with Gasteiger partial charge in [-0.2, -0.15) is 4.98 Å². The van der Waals surface area contributed by atoms with Gasteiger partial charge in [-0.1, -0.05) is 18.2 Å². The largest absolute Gasteiger partial charge is 0.489 e. The van der Waals surface area contributed by atoms with Gasteiger partial charge in [0.05, 0.1) is 14.2 Å². The Morgan fingerprint density at radius 1 is 1.06 bits per heavy atom. The van der Waals surface area contributed by atoms with Crippen LogP contribution in [0.5, 0.6) is 17.5 Å². The Bertz CT molecular complexity index is 1090. The van der Waals surface area contributed by atoms with E-state index in [0.717, 1.165) is 27.8 Å². The van der Waals surface area contributed by atoms with E-state index in [9.17, 15) is 4.79 Å². The lowest BCUT2D eigenvalue weighted by atomic mass is 10.0. The number of hydrazine groups is 1. The number of carbonyl (C=O) groups is 1. The molecule has 0 fully saturated rings. The summed E-state index contributed by atoms with van der Waals surface area (Å²) in [4.78, 5) is 16.0. The maximum Gasteiger partial charge on any atom is 0.333 e. The molecule has 1 heterocycles. The normalized spacial score (nSPS) is 10.4. The van der Waals surface area contributed by atoms with Crippen molar-refractivity contribution in [3.05, 3.63) is 65.2 Å². The number of methoxy groups -OCH3 is 2. The highest BCUT2D eigenvalue weighted by Gasteiger charge is 2.13. The molecule has 0 saturated carbocycles. The number of nitrogens with one attached hydrogen (secondary N) is 2. The number of hydrogen-bond acceptors (Lipinski definition) is 6. The van der Waals surface area contributed by atoms with E-state index in [-0.39, 0.29) is 6.61 Å². The van der Waals surface area contributed by atoms with Gasteiger partial charge < -0.3 is 19.5 Å². The van der Waals surface area contributed by atoms with Crippen LogP contribution in [0.1, 0.15) is 16.7 Å². The van der Waals surface area contributed by atoms with Gasteiger partial charge in [-0.3, -0.25) is 5.43 Å². The van der Waals surface area contributed by atoms with Crippen LogP contribution in [0.4, 0.5) is 10.5 Å². The van der Waals surface area contributed by atoms with Crippen LogP contribution >= 0.6 is 0 Å². The molecular weight excluding hydrogens is 396 g/mol. The third kappa shape index (κ3) is 5.23. The minimum atomic E-state index is -0.496. The molecule has 0 aliphatic rings. The topological polar surface area (TPSA) is 108 Å². The third-order valence-electron chi connectivity index (χ3n) is 4.77. The zero-order valence-electron chi connectivity index (χ0n) is 18.0. The average molecular weight is 422 g/mol. The Kier molecular flexibility index (Phi) is 6.94. The summed E-state index contributed by atoms with van der Waals surface area (Å²) in [5.74, 6) is 6.82. The molecule has 0 aliphatic heterocycles. The van der Waals surface area contributed by atoms with Crippen LogP contribution < -0.4 is 30.8 Å². The fourth-order valence-corrected chi connectivity index (χ4v) is 3.22. The highest BCUT2D eigenvalue weighted by molar-refractivity contribution is 5.89. The van der Waals surface area contributed by atoms with Crippen molar-refractivity contribution in [3.8, 4) is 28.6 Å². The highest BCUT2D eigenvalue weighted by atomic mass is 16.5. The molecule has 4 N–H and O–H groups in total. The lowest BCUT2D eigenvalue weighted by Gasteiger charge is -2.16. The van der Waals surface area contributed by atoms with Crippen molar-refractivity contribution in [1.29, 1.82) is 0 Å². The number of nitrogens with zero attached hydrogens (tertiary/aromatic N) is 1. The van der Waals surface area contributed by atoms with Crippen LogP contribution in [0.25, 0.3) is 11.1 Å². The maximum absolute atomic E-state index is 11.7. The number of urea groups is 1. The van der Waals surface area contributed by atoms with E-state index in [0.29, 0.717) is 23.2 Å². The highest BCUT2D eigenvalue weighted by Crippen LogP contribution is 2.33. The molecule has 2 aromatic carbocycles. The van der Waals surface area contributed by atoms with E-state index in [1.807, 2.05) is 50.2 Å². The van der Waals surface area contributed by atoms with Crippen molar-refractivity contribution in [2.24, 2.45) is 5.84 Å². The van der Waals surface area contributed by atoms with Gasteiger partial charge in [0, 0.05) is 22.9 Å². The first-order valence-corrected chi connectivity index (χ1v) is 9.65. The van der Waals surface area contributed by atoms with Gasteiger partial charge in [0.2, 0.25) is 11.8 Å². The number of rotatable bonds is 7. The minimum Gasteiger partial charge on any atom is -0.489 e. The zero-order chi connectivity index (χ0) is 22.4. The summed E-state index contributed by atoms with van der Waals surface area (Å²) in [6.45, 7) is 4.22. The SMILES string of the molecule is COc1ccc(-c2cc(C)cc(OCc3c(C)cccc3NC(=O)NN)c2)c(OC)n1. The van der Waals surface area contributed by atoms with E-state index in [4.69, 9.17) is 20.1 Å². The number of carbonyl (C=O) groups excluding carboxylic acids is 1. The fourth-order valence-electron chi connectivity index (χ4n) is 3.22. The van der Waals surface area contributed by atoms with Crippen molar-refractivity contribution in [2.45, 2.75) is 20.5 Å². The Morgan fingerprint density at radius 3 is 2.58 bits per heavy atom. The number of anilines is 1. The van der Waals surface area contributed by atoms with Crippen LogP contribution in [0.2, 0.25) is 0 Å². The molecule has 0 unspecified atom stereocenters. The molecule has 3 rings (SSSR count). The first kappa shape index (κ1) is 21.9. The first-order chi connectivity index (χ1) is 14.9. The molecule has 8 heteroatoms. The van der Waals surface area contributed by atoms with Crippen LogP contribution in [0.15, 0.2) is 48.5 Å². The van der Waals surface area contributed by atoms with E-state index in [1.54, 1.807) is 26.4 Å². The molecule has 162 valence electrons. The van der Waals surface area contributed by atoms with Crippen LogP contribution in [0, 0.1) is 13.8 Å². The van der Waals surface area contributed by atoms with Gasteiger partial charge in [0.1, 0.15) is 12.4 Å². The van der Waals surface area contributed by atoms with E-state index < -0.39 is 6.03 Å². The van der Waals surface area contributed by atoms with E-state index >= 15 is 0 Å². The first-order valence-electron chi connectivity index (χ1n) is 9.65. The van der Waals surface area contributed by atoms with Crippen LogP contribution in [0.3, 0.4) is 0 Å². The Balaban J connectivity index is 1.89. The van der Waals surface area contributed by atoms with E-state index in [1.165, 1.54) is 0 Å². The molecule has 3 aromatic rings. The summed E-state index contributed by atoms with van der Waals surface area (Å²) in [5.41, 5.74) is 7.32. The molecule has 31 heavy (non-hydrogen) atoms. The number of ether oxygens (including phenoxy) is 3. The molecule has 1 aromatic heterocycles. The lowest BCUT2D eigenvalue weighted by molar-refractivity contribution is 0.252. The molecule has 0 aliphatic carbocycles. The lowest BCUT2D eigenvalue weighted by Crippen LogP contribution is -2.34. The van der Waals surface area contributed by atoms with Crippen molar-refractivity contribution >= 4 is 11.7 Å². The summed E-state index contributed by atoms with van der Waals surface area (Å²) in [5, 5.41) is 2.72. The van der Waals surface area contributed by atoms with Crippen LogP contribution in [-0.4, -0.2) is 25.2 Å². The Morgan fingerprint density at radius 2 is 1.87 bits per heavy atom. The molecule has 8 nitrogen and oxygen atoms in total. The number of benzene rings is 2. The van der Waals surface area contributed by atoms with Gasteiger partial charge in [0.15, 0.2) is 0 Å². The quantitative estimate of drug-likeness (QED) is 0.302. The molecule has 0 spiro atoms. The number of pyridine rings is 1. The van der Waals surface area contributed by atoms with Crippen molar-refractivity contribution in [3.63, 3.8) is 0 Å². The predicted molar refractivity (Wildman–Crippen MR) is 119 cm³/mol. The Labute approximate surface area is 181 Å². The van der Waals surface area contributed by atoms with Gasteiger partial charge >= 0.3 is 6.03 Å². The second-order valence-corrected chi connectivity index (χ2v) is 6.93. The zero-order valence-corrected chi connectivity index (χ0v) is 18.0. The van der Waals surface area contributed by atoms with Crippen molar-refractivity contribution in [1.82, 2.24) is 10.4 Å². The molecule has 0 atom stereocenters. The minimum absolute atomic E-state index is 0.272. The number of aryl methyl sites for hydroxylation is 2. The number of hydrogen-bond donors (Lipinski definition) is 3. The fraction of sp³-hybridized carbons (Fsp3) is 0.217. The molecular formula is C23H26N4O4. The molecule has 0 bridgehead atoms.